The molecule has 2 heterocycles. The molecule has 1 amide bonds. The molecule has 1 aromatic carbocycles. The molecular formula is C23H28Cl2FN7O2. The van der Waals surface area contributed by atoms with Crippen LogP contribution in [0.4, 0.5) is 22.0 Å². The summed E-state index contributed by atoms with van der Waals surface area (Å²) in [5.74, 6) is -0.136. The lowest BCUT2D eigenvalue weighted by atomic mass is 10.1. The number of benzene rings is 1. The molecule has 0 saturated heterocycles. The number of imidazole rings is 1. The molecule has 1 fully saturated rings. The van der Waals surface area contributed by atoms with Gasteiger partial charge in [0.25, 0.3) is 0 Å². The van der Waals surface area contributed by atoms with E-state index in [-0.39, 0.29) is 34.7 Å². The molecule has 3 atom stereocenters. The van der Waals surface area contributed by atoms with Crippen LogP contribution in [0.5, 0.6) is 0 Å². The molecular weight excluding hydrogens is 496 g/mol. The fraction of sp³-hybridized carbons (Fsp3) is 0.478. The molecule has 0 radical (unpaired) electrons. The van der Waals surface area contributed by atoms with Crippen LogP contribution in [0.3, 0.4) is 0 Å². The van der Waals surface area contributed by atoms with Crippen molar-refractivity contribution >= 4 is 57.9 Å². The Bertz CT molecular complexity index is 1200. The molecule has 35 heavy (non-hydrogen) atoms. The van der Waals surface area contributed by atoms with Crippen LogP contribution < -0.4 is 16.4 Å². The third kappa shape index (κ3) is 5.94. The van der Waals surface area contributed by atoms with Gasteiger partial charge in [0.2, 0.25) is 17.8 Å². The maximum atomic E-state index is 13.7. The zero-order valence-electron chi connectivity index (χ0n) is 19.3. The largest absolute Gasteiger partial charge is 0.393 e. The highest BCUT2D eigenvalue weighted by Crippen LogP contribution is 2.37. The van der Waals surface area contributed by atoms with Gasteiger partial charge in [-0.3, -0.25) is 9.36 Å². The maximum Gasteiger partial charge on any atom is 0.224 e. The van der Waals surface area contributed by atoms with Crippen LogP contribution in [0.2, 0.25) is 10.0 Å². The monoisotopic (exact) mass is 523 g/mol. The first-order valence-corrected chi connectivity index (χ1v) is 12.4. The van der Waals surface area contributed by atoms with Gasteiger partial charge >= 0.3 is 0 Å². The van der Waals surface area contributed by atoms with Gasteiger partial charge in [0.1, 0.15) is 11.3 Å². The number of aromatic nitrogens is 4. The number of nitrogens with one attached hydrogen (secondary N) is 2. The van der Waals surface area contributed by atoms with E-state index in [1.165, 1.54) is 0 Å². The van der Waals surface area contributed by atoms with Crippen LogP contribution >= 0.6 is 23.2 Å². The second kappa shape index (κ2) is 10.9. The molecule has 5 N–H and O–H groups in total. The number of nitrogens with two attached hydrogens (primary N) is 1. The Hall–Kier alpha value is -2.69. The molecule has 2 aromatic heterocycles. The predicted octanol–water partition coefficient (Wildman–Crippen LogP) is 4.95. The summed E-state index contributed by atoms with van der Waals surface area (Å²) in [6.45, 7) is 2.05. The zero-order chi connectivity index (χ0) is 25.1. The molecule has 188 valence electrons. The highest BCUT2D eigenvalue weighted by molar-refractivity contribution is 6.39. The molecule has 1 saturated carbocycles. The highest BCUT2D eigenvalue weighted by atomic mass is 35.5. The van der Waals surface area contributed by atoms with Crippen molar-refractivity contribution in [2.24, 2.45) is 5.73 Å². The van der Waals surface area contributed by atoms with Crippen LogP contribution in [-0.2, 0) is 4.79 Å². The molecule has 0 aliphatic heterocycles. The number of carbonyl (C=O) groups excluding carboxylic acids is 1. The van der Waals surface area contributed by atoms with Crippen LogP contribution in [-0.4, -0.2) is 42.7 Å². The van der Waals surface area contributed by atoms with Gasteiger partial charge < -0.3 is 21.5 Å². The van der Waals surface area contributed by atoms with E-state index in [1.54, 1.807) is 6.20 Å². The SMILES string of the molecule is CCC[C@H](CCC(N)=O)n1c(Nc2c(Cl)cc(F)cc2Cl)nc2cnc(N[C@H]3CC[C@H](O)C3)nc21. The van der Waals surface area contributed by atoms with Crippen molar-refractivity contribution in [3.63, 3.8) is 0 Å². The molecule has 3 aromatic rings. The first-order valence-electron chi connectivity index (χ1n) is 11.6. The van der Waals surface area contributed by atoms with Crippen LogP contribution in [0.15, 0.2) is 18.3 Å². The minimum Gasteiger partial charge on any atom is -0.393 e. The van der Waals surface area contributed by atoms with Crippen molar-refractivity contribution in [1.29, 1.82) is 0 Å². The molecule has 9 nitrogen and oxygen atoms in total. The predicted molar refractivity (Wildman–Crippen MR) is 135 cm³/mol. The summed E-state index contributed by atoms with van der Waals surface area (Å²) in [4.78, 5) is 25.4. The van der Waals surface area contributed by atoms with Crippen molar-refractivity contribution in [2.75, 3.05) is 10.6 Å². The minimum atomic E-state index is -0.553. The van der Waals surface area contributed by atoms with E-state index in [2.05, 4.69) is 20.6 Å². The van der Waals surface area contributed by atoms with Gasteiger partial charge in [0, 0.05) is 18.5 Å². The summed E-state index contributed by atoms with van der Waals surface area (Å²) in [5.41, 5.74) is 6.83. The Morgan fingerprint density at radius 1 is 1.29 bits per heavy atom. The first-order chi connectivity index (χ1) is 16.7. The quantitative estimate of drug-likeness (QED) is 0.295. The number of primary amides is 1. The Labute approximate surface area is 212 Å². The summed E-state index contributed by atoms with van der Waals surface area (Å²) >= 11 is 12.5. The molecule has 0 unspecified atom stereocenters. The van der Waals surface area contributed by atoms with Crippen LogP contribution in [0.1, 0.15) is 57.9 Å². The standard InChI is InChI=1S/C23H28Cl2FN7O2/c1-2-3-14(5-7-19(27)35)33-21-18(11-28-22(32-21)29-13-4-6-15(34)10-13)30-23(33)31-20-16(24)8-12(26)9-17(20)25/h8-9,11,13-15,34H,2-7,10H2,1H3,(H2,27,35)(H,30,31)(H,28,29,32)/t13-,14+,15-/m0/s1. The third-order valence-electron chi connectivity index (χ3n) is 6.13. The molecule has 0 spiro atoms. The number of carbonyl (C=O) groups is 1. The van der Waals surface area contributed by atoms with Gasteiger partial charge in [-0.05, 0) is 44.2 Å². The fourth-order valence-electron chi connectivity index (χ4n) is 4.48. The van der Waals surface area contributed by atoms with Gasteiger partial charge in [-0.25, -0.2) is 14.4 Å². The molecule has 0 bridgehead atoms. The summed E-state index contributed by atoms with van der Waals surface area (Å²) in [5, 5.41) is 16.5. The van der Waals surface area contributed by atoms with E-state index in [0.29, 0.717) is 41.6 Å². The second-order valence-corrected chi connectivity index (χ2v) is 9.65. The summed E-state index contributed by atoms with van der Waals surface area (Å²) in [6, 6.07) is 2.25. The number of hydrogen-bond donors (Lipinski definition) is 4. The van der Waals surface area contributed by atoms with Gasteiger partial charge in [0.15, 0.2) is 5.65 Å². The topological polar surface area (TPSA) is 131 Å². The Morgan fingerprint density at radius 2 is 2.03 bits per heavy atom. The number of rotatable bonds is 10. The smallest absolute Gasteiger partial charge is 0.224 e. The van der Waals surface area contributed by atoms with Crippen LogP contribution in [0, 0.1) is 5.82 Å². The Balaban J connectivity index is 1.78. The second-order valence-electron chi connectivity index (χ2n) is 8.83. The van der Waals surface area contributed by atoms with Crippen molar-refractivity contribution in [3.05, 3.63) is 34.2 Å². The first kappa shape index (κ1) is 25.4. The van der Waals surface area contributed by atoms with Crippen molar-refractivity contribution in [2.45, 2.75) is 70.1 Å². The summed E-state index contributed by atoms with van der Waals surface area (Å²) in [7, 11) is 0. The van der Waals surface area contributed by atoms with Gasteiger partial charge in [-0.2, -0.15) is 4.98 Å². The van der Waals surface area contributed by atoms with E-state index in [9.17, 15) is 14.3 Å². The van der Waals surface area contributed by atoms with E-state index >= 15 is 0 Å². The Kier molecular flexibility index (Phi) is 7.93. The Morgan fingerprint density at radius 3 is 2.66 bits per heavy atom. The molecule has 1 aliphatic carbocycles. The van der Waals surface area contributed by atoms with Gasteiger partial charge in [0.05, 0.1) is 28.0 Å². The normalized spacial score (nSPS) is 18.7. The average Bonchev–Trinajstić information content (AvgIpc) is 3.36. The minimum absolute atomic E-state index is 0.0783. The molecule has 1 aliphatic rings. The number of aliphatic hydroxyl groups is 1. The summed E-state index contributed by atoms with van der Waals surface area (Å²) < 4.78 is 15.6. The summed E-state index contributed by atoms with van der Waals surface area (Å²) in [6.07, 6.45) is 5.73. The van der Waals surface area contributed by atoms with Gasteiger partial charge in [-0.1, -0.05) is 36.5 Å². The number of hydrogen-bond acceptors (Lipinski definition) is 7. The average molecular weight is 524 g/mol. The maximum absolute atomic E-state index is 13.7. The van der Waals surface area contributed by atoms with E-state index in [1.807, 2.05) is 11.5 Å². The van der Waals surface area contributed by atoms with Gasteiger partial charge in [-0.15, -0.1) is 0 Å². The number of halogens is 3. The third-order valence-corrected chi connectivity index (χ3v) is 6.72. The number of anilines is 3. The molecule has 12 heteroatoms. The van der Waals surface area contributed by atoms with Crippen molar-refractivity contribution in [3.8, 4) is 0 Å². The molecule has 4 rings (SSSR count). The number of amides is 1. The lowest BCUT2D eigenvalue weighted by Crippen LogP contribution is -2.19. The lowest BCUT2D eigenvalue weighted by molar-refractivity contribution is -0.118. The van der Waals surface area contributed by atoms with Crippen molar-refractivity contribution in [1.82, 2.24) is 19.5 Å². The van der Waals surface area contributed by atoms with E-state index in [4.69, 9.17) is 33.9 Å². The van der Waals surface area contributed by atoms with Crippen molar-refractivity contribution < 1.29 is 14.3 Å². The van der Waals surface area contributed by atoms with E-state index in [0.717, 1.165) is 37.8 Å². The zero-order valence-corrected chi connectivity index (χ0v) is 20.8. The fourth-order valence-corrected chi connectivity index (χ4v) is 5.04. The lowest BCUT2D eigenvalue weighted by Gasteiger charge is -2.21. The van der Waals surface area contributed by atoms with E-state index < -0.39 is 11.7 Å². The highest BCUT2D eigenvalue weighted by Gasteiger charge is 2.25. The number of aliphatic hydroxyl groups excluding tert-OH is 1. The van der Waals surface area contributed by atoms with Crippen LogP contribution in [0.25, 0.3) is 11.2 Å². The number of nitrogens with zero attached hydrogens (tertiary/aromatic N) is 4. The number of fused-ring (bicyclic) bond motifs is 1.